The molecule has 4 N–H and O–H groups in total. The predicted octanol–water partition coefficient (Wildman–Crippen LogP) is 5.70. The molecule has 3 aliphatic rings. The van der Waals surface area contributed by atoms with Crippen molar-refractivity contribution in [2.75, 3.05) is 16.8 Å². The Morgan fingerprint density at radius 2 is 1.68 bits per heavy atom. The summed E-state index contributed by atoms with van der Waals surface area (Å²) in [4.78, 5) is 29.0. The molecule has 0 radical (unpaired) electrons. The highest BCUT2D eigenvalue weighted by Crippen LogP contribution is 2.51. The number of para-hydroxylation sites is 1. The Morgan fingerprint density at radius 3 is 2.36 bits per heavy atom. The van der Waals surface area contributed by atoms with Crippen molar-refractivity contribution in [3.63, 3.8) is 0 Å². The molecule has 9 heteroatoms. The van der Waals surface area contributed by atoms with Crippen LogP contribution in [-0.4, -0.2) is 46.9 Å². The van der Waals surface area contributed by atoms with Crippen LogP contribution in [0.3, 0.4) is 0 Å². The minimum absolute atomic E-state index is 0.202. The summed E-state index contributed by atoms with van der Waals surface area (Å²) in [7, 11) is -1.07. The van der Waals surface area contributed by atoms with Gasteiger partial charge < -0.3 is 25.2 Å². The van der Waals surface area contributed by atoms with Gasteiger partial charge in [0, 0.05) is 11.4 Å². The number of anilines is 3. The van der Waals surface area contributed by atoms with Crippen LogP contribution in [0.25, 0.3) is 6.08 Å². The fourth-order valence-electron chi connectivity index (χ4n) is 7.02. The van der Waals surface area contributed by atoms with Gasteiger partial charge in [-0.1, -0.05) is 48.9 Å². The number of allylic oxidation sites excluding steroid dienone is 1. The summed E-state index contributed by atoms with van der Waals surface area (Å²) in [6.45, 7) is 1.85. The van der Waals surface area contributed by atoms with Gasteiger partial charge in [0.05, 0.1) is 30.2 Å². The Hall–Kier alpha value is -4.18. The lowest BCUT2D eigenvalue weighted by molar-refractivity contribution is -0.122. The highest BCUT2D eigenvalue weighted by atomic mass is 16.5. The van der Waals surface area contributed by atoms with Crippen molar-refractivity contribution < 1.29 is 29.5 Å². The van der Waals surface area contributed by atoms with E-state index in [9.17, 15) is 24.8 Å². The average Bonchev–Trinajstić information content (AvgIpc) is 3.29. The Labute approximate surface area is 257 Å². The van der Waals surface area contributed by atoms with Crippen molar-refractivity contribution in [3.8, 4) is 5.75 Å². The van der Waals surface area contributed by atoms with E-state index in [0.717, 1.165) is 34.5 Å². The molecule has 2 heterocycles. The molecule has 8 nitrogen and oxygen atoms in total. The van der Waals surface area contributed by atoms with Gasteiger partial charge in [0.15, 0.2) is 0 Å². The van der Waals surface area contributed by atoms with Gasteiger partial charge in [-0.3, -0.25) is 14.5 Å². The minimum Gasteiger partial charge on any atom is -0.508 e. The standard InChI is InChI=1S/C35H37BN2O6/c1-2-22(18-23-8-15-28(40)16-9-23)10-17-31-32-24(21-39)19-29-33(30(32)20-36(43)44-31)35(42)38(34(29)41)27-13-11-26(12-14-27)37-25-6-4-3-5-7-25/h3-9,11-16,18,29-31,33,37,39-40,43H,2,10,17,19-21H2,1H3/b22-18+/t29-,30+,31-,33-/m1/s1. The van der Waals surface area contributed by atoms with Gasteiger partial charge in [-0.25, -0.2) is 0 Å². The molecule has 3 aromatic rings. The van der Waals surface area contributed by atoms with Crippen LogP contribution in [0.2, 0.25) is 6.32 Å². The number of hydrogen-bond donors (Lipinski definition) is 4. The number of nitrogens with zero attached hydrogens (tertiary/aromatic N) is 1. The normalized spacial score (nSPS) is 23.6. The van der Waals surface area contributed by atoms with E-state index in [1.54, 1.807) is 24.3 Å². The average molecular weight is 593 g/mol. The number of amides is 2. The first-order valence-corrected chi connectivity index (χ1v) is 15.3. The van der Waals surface area contributed by atoms with E-state index < -0.39 is 31.0 Å². The SMILES string of the molecule is CC/C(=C\c1ccc(O)cc1)CC[C@H]1OB(O)C[C@H]2C1=C(CO)C[C@H]1C(=O)N(c3ccc(Nc4ccccc4)cc3)C(=O)[C@H]12. The van der Waals surface area contributed by atoms with E-state index in [4.69, 9.17) is 4.65 Å². The zero-order chi connectivity index (χ0) is 30.8. The number of hydrogen-bond acceptors (Lipinski definition) is 7. The molecule has 44 heavy (non-hydrogen) atoms. The predicted molar refractivity (Wildman–Crippen MR) is 171 cm³/mol. The second kappa shape index (κ2) is 12.8. The van der Waals surface area contributed by atoms with Crippen LogP contribution in [0, 0.1) is 17.8 Å². The molecular formula is C35H37BN2O6. The van der Waals surface area contributed by atoms with E-state index in [1.807, 2.05) is 54.6 Å². The molecule has 0 spiro atoms. The summed E-state index contributed by atoms with van der Waals surface area (Å²) >= 11 is 0. The molecule has 226 valence electrons. The van der Waals surface area contributed by atoms with Crippen LogP contribution in [0.4, 0.5) is 17.1 Å². The number of aliphatic hydroxyl groups is 1. The number of carbonyl (C=O) groups is 2. The molecule has 0 aromatic heterocycles. The molecule has 2 amide bonds. The van der Waals surface area contributed by atoms with E-state index in [1.165, 1.54) is 10.5 Å². The molecule has 1 aliphatic carbocycles. The van der Waals surface area contributed by atoms with Crippen LogP contribution in [0.5, 0.6) is 5.75 Å². The minimum atomic E-state index is -1.07. The number of rotatable bonds is 9. The number of benzene rings is 3. The van der Waals surface area contributed by atoms with Crippen molar-refractivity contribution >= 4 is 42.1 Å². The van der Waals surface area contributed by atoms with Crippen LogP contribution < -0.4 is 10.2 Å². The van der Waals surface area contributed by atoms with Crippen LogP contribution >= 0.6 is 0 Å². The summed E-state index contributed by atoms with van der Waals surface area (Å²) in [5.74, 6) is -1.92. The lowest BCUT2D eigenvalue weighted by Gasteiger charge is -2.43. The summed E-state index contributed by atoms with van der Waals surface area (Å²) in [6, 6.07) is 24.0. The van der Waals surface area contributed by atoms with Crippen LogP contribution in [-0.2, 0) is 14.2 Å². The molecule has 4 atom stereocenters. The summed E-state index contributed by atoms with van der Waals surface area (Å²) in [5, 5.41) is 34.2. The highest BCUT2D eigenvalue weighted by molar-refractivity contribution is 6.43. The number of nitrogens with one attached hydrogen (secondary N) is 1. The summed E-state index contributed by atoms with van der Waals surface area (Å²) in [6.07, 6.45) is 4.20. The van der Waals surface area contributed by atoms with Crippen molar-refractivity contribution in [2.24, 2.45) is 17.8 Å². The van der Waals surface area contributed by atoms with Crippen molar-refractivity contribution in [1.82, 2.24) is 0 Å². The molecule has 6 rings (SSSR count). The lowest BCUT2D eigenvalue weighted by atomic mass is 9.58. The number of imide groups is 1. The first-order chi connectivity index (χ1) is 21.4. The van der Waals surface area contributed by atoms with E-state index in [0.29, 0.717) is 24.9 Å². The van der Waals surface area contributed by atoms with E-state index in [-0.39, 0.29) is 30.5 Å². The van der Waals surface area contributed by atoms with E-state index in [2.05, 4.69) is 18.3 Å². The molecule has 2 fully saturated rings. The number of phenols is 1. The molecule has 2 saturated heterocycles. The van der Waals surface area contributed by atoms with Crippen molar-refractivity contribution in [2.45, 2.75) is 45.0 Å². The van der Waals surface area contributed by atoms with Gasteiger partial charge in [0.25, 0.3) is 0 Å². The highest BCUT2D eigenvalue weighted by Gasteiger charge is 2.57. The van der Waals surface area contributed by atoms with Crippen LogP contribution in [0.15, 0.2) is 95.6 Å². The van der Waals surface area contributed by atoms with Crippen molar-refractivity contribution in [1.29, 1.82) is 0 Å². The Kier molecular flexibility index (Phi) is 8.71. The number of phenolic OH excluding ortho intramolecular Hbond substituents is 1. The topological polar surface area (TPSA) is 119 Å². The number of fused-ring (bicyclic) bond motifs is 3. The third-order valence-electron chi connectivity index (χ3n) is 9.13. The Bertz CT molecular complexity index is 1570. The smallest absolute Gasteiger partial charge is 0.455 e. The van der Waals surface area contributed by atoms with Gasteiger partial charge in [-0.15, -0.1) is 0 Å². The summed E-state index contributed by atoms with van der Waals surface area (Å²) < 4.78 is 6.04. The molecule has 0 saturated carbocycles. The molecule has 0 unspecified atom stereocenters. The maximum absolute atomic E-state index is 14.0. The fraction of sp³-hybridized carbons (Fsp3) is 0.314. The number of aliphatic hydroxyl groups excluding tert-OH is 1. The molecule has 3 aromatic carbocycles. The zero-order valence-electron chi connectivity index (χ0n) is 24.7. The van der Waals surface area contributed by atoms with Crippen LogP contribution in [0.1, 0.15) is 38.2 Å². The number of carbonyl (C=O) groups excluding carboxylic acids is 2. The second-order valence-electron chi connectivity index (χ2n) is 11.8. The van der Waals surface area contributed by atoms with E-state index >= 15 is 0 Å². The largest absolute Gasteiger partial charge is 0.508 e. The van der Waals surface area contributed by atoms with Gasteiger partial charge in [0.1, 0.15) is 5.75 Å². The third-order valence-corrected chi connectivity index (χ3v) is 9.13. The molecule has 2 aliphatic heterocycles. The third kappa shape index (κ3) is 5.95. The van der Waals surface area contributed by atoms with Gasteiger partial charge in [0.2, 0.25) is 11.8 Å². The maximum atomic E-state index is 14.0. The monoisotopic (exact) mass is 592 g/mol. The second-order valence-corrected chi connectivity index (χ2v) is 11.8. The fourth-order valence-corrected chi connectivity index (χ4v) is 7.02. The number of aromatic hydroxyl groups is 1. The lowest BCUT2D eigenvalue weighted by Crippen LogP contribution is -2.46. The Balaban J connectivity index is 1.22. The molecule has 0 bridgehead atoms. The van der Waals surface area contributed by atoms with Gasteiger partial charge in [-0.2, -0.15) is 0 Å². The zero-order valence-corrected chi connectivity index (χ0v) is 24.7. The quantitative estimate of drug-likeness (QED) is 0.143. The Morgan fingerprint density at radius 1 is 0.977 bits per heavy atom. The maximum Gasteiger partial charge on any atom is 0.455 e. The first-order valence-electron chi connectivity index (χ1n) is 15.3. The summed E-state index contributed by atoms with van der Waals surface area (Å²) in [5.41, 5.74) is 6.05. The van der Waals surface area contributed by atoms with Crippen molar-refractivity contribution in [3.05, 3.63) is 101 Å². The molecular weight excluding hydrogens is 555 g/mol. The van der Waals surface area contributed by atoms with Gasteiger partial charge in [-0.05, 0) is 103 Å². The first kappa shape index (κ1) is 29.9. The van der Waals surface area contributed by atoms with Gasteiger partial charge >= 0.3 is 7.12 Å².